The van der Waals surface area contributed by atoms with Crippen molar-refractivity contribution >= 4 is 38.9 Å². The van der Waals surface area contributed by atoms with Gasteiger partial charge in [-0.15, -0.1) is 0 Å². The Morgan fingerprint density at radius 2 is 2.33 bits per heavy atom. The lowest BCUT2D eigenvalue weighted by molar-refractivity contribution is 0.0600. The van der Waals surface area contributed by atoms with Gasteiger partial charge in [-0.1, -0.05) is 33.8 Å². The lowest BCUT2D eigenvalue weighted by Crippen LogP contribution is -2.22. The molecule has 0 N–H and O–H groups in total. The average Bonchev–Trinajstić information content (AvgIpc) is 2.76. The van der Waals surface area contributed by atoms with Crippen molar-refractivity contribution in [2.45, 2.75) is 6.54 Å². The van der Waals surface area contributed by atoms with Gasteiger partial charge >= 0.3 is 5.97 Å². The second kappa shape index (κ2) is 5.75. The Kier molecular flexibility index (Phi) is 4.29. The van der Waals surface area contributed by atoms with Gasteiger partial charge in [0.2, 0.25) is 0 Å². The van der Waals surface area contributed by atoms with E-state index >= 15 is 0 Å². The molecule has 0 radical (unpaired) electrons. The molecule has 4 nitrogen and oxygen atoms in total. The predicted molar refractivity (Wildman–Crippen MR) is 73.7 cm³/mol. The van der Waals surface area contributed by atoms with Crippen molar-refractivity contribution in [1.82, 2.24) is 4.90 Å². The summed E-state index contributed by atoms with van der Waals surface area (Å²) in [4.78, 5) is 24.7. The van der Waals surface area contributed by atoms with E-state index in [2.05, 4.69) is 20.7 Å². The van der Waals surface area contributed by atoms with E-state index in [1.165, 1.54) is 18.9 Å². The van der Waals surface area contributed by atoms with Gasteiger partial charge in [0.15, 0.2) is 0 Å². The summed E-state index contributed by atoms with van der Waals surface area (Å²) in [6, 6.07) is 5.26. The standard InChI is InChI=1S/C12H12BrNO3S/c1-17-11(15)8-2-3-9(10(13)6-8)7-14-4-5-18-12(14)16/h2-3,6H,4-5,7H2,1H3. The molecule has 6 heteroatoms. The summed E-state index contributed by atoms with van der Waals surface area (Å²) in [6.07, 6.45) is 0. The number of benzene rings is 1. The third-order valence-corrected chi connectivity index (χ3v) is 4.31. The molecule has 96 valence electrons. The maximum Gasteiger partial charge on any atom is 0.337 e. The summed E-state index contributed by atoms with van der Waals surface area (Å²) in [5.74, 6) is 0.478. The third kappa shape index (κ3) is 2.87. The van der Waals surface area contributed by atoms with Gasteiger partial charge in [-0.3, -0.25) is 4.79 Å². The lowest BCUT2D eigenvalue weighted by atomic mass is 10.1. The van der Waals surface area contributed by atoms with Gasteiger partial charge in [0.05, 0.1) is 12.7 Å². The van der Waals surface area contributed by atoms with Crippen LogP contribution in [0.1, 0.15) is 15.9 Å². The van der Waals surface area contributed by atoms with Crippen LogP contribution in [-0.2, 0) is 11.3 Å². The van der Waals surface area contributed by atoms with Gasteiger partial charge in [-0.25, -0.2) is 4.79 Å². The number of methoxy groups -OCH3 is 1. The molecule has 1 heterocycles. The average molecular weight is 330 g/mol. The highest BCUT2D eigenvalue weighted by Gasteiger charge is 2.22. The van der Waals surface area contributed by atoms with Crippen molar-refractivity contribution in [3.63, 3.8) is 0 Å². The number of carbonyl (C=O) groups is 2. The molecule has 0 unspecified atom stereocenters. The summed E-state index contributed by atoms with van der Waals surface area (Å²) in [6.45, 7) is 1.34. The van der Waals surface area contributed by atoms with Crippen molar-refractivity contribution in [3.05, 3.63) is 33.8 Å². The quantitative estimate of drug-likeness (QED) is 0.800. The molecule has 0 saturated carbocycles. The summed E-state index contributed by atoms with van der Waals surface area (Å²) < 4.78 is 5.47. The van der Waals surface area contributed by atoms with Gasteiger partial charge in [0.1, 0.15) is 0 Å². The van der Waals surface area contributed by atoms with Crippen LogP contribution in [0.2, 0.25) is 0 Å². The Labute approximate surface area is 118 Å². The highest BCUT2D eigenvalue weighted by molar-refractivity contribution is 9.10. The van der Waals surface area contributed by atoms with E-state index in [-0.39, 0.29) is 11.2 Å². The van der Waals surface area contributed by atoms with Gasteiger partial charge < -0.3 is 9.64 Å². The lowest BCUT2D eigenvalue weighted by Gasteiger charge is -2.15. The number of thioether (sulfide) groups is 1. The Bertz CT molecular complexity index is 492. The van der Waals surface area contributed by atoms with Crippen LogP contribution in [0.15, 0.2) is 22.7 Å². The Balaban J connectivity index is 2.14. The maximum absolute atomic E-state index is 11.5. The van der Waals surface area contributed by atoms with Crippen LogP contribution in [0, 0.1) is 0 Å². The van der Waals surface area contributed by atoms with E-state index in [1.807, 2.05) is 6.07 Å². The molecule has 1 aromatic carbocycles. The fourth-order valence-corrected chi connectivity index (χ4v) is 3.02. The minimum atomic E-state index is -0.366. The molecule has 18 heavy (non-hydrogen) atoms. The van der Waals surface area contributed by atoms with E-state index in [1.54, 1.807) is 17.0 Å². The monoisotopic (exact) mass is 329 g/mol. The summed E-state index contributed by atoms with van der Waals surface area (Å²) >= 11 is 4.76. The molecule has 1 amide bonds. The number of hydrogen-bond donors (Lipinski definition) is 0. The molecule has 0 spiro atoms. The zero-order chi connectivity index (χ0) is 13.1. The van der Waals surface area contributed by atoms with Crippen LogP contribution < -0.4 is 0 Å². The van der Waals surface area contributed by atoms with Crippen molar-refractivity contribution in [2.75, 3.05) is 19.4 Å². The van der Waals surface area contributed by atoms with Crippen LogP contribution >= 0.6 is 27.7 Å². The molecule has 0 bridgehead atoms. The number of rotatable bonds is 3. The molecule has 1 saturated heterocycles. The minimum Gasteiger partial charge on any atom is -0.465 e. The number of carbonyl (C=O) groups excluding carboxylic acids is 2. The number of amides is 1. The summed E-state index contributed by atoms with van der Waals surface area (Å²) in [7, 11) is 1.35. The summed E-state index contributed by atoms with van der Waals surface area (Å²) in [5, 5.41) is 0.110. The molecule has 1 fully saturated rings. The van der Waals surface area contributed by atoms with E-state index in [4.69, 9.17) is 0 Å². The number of hydrogen-bond acceptors (Lipinski definition) is 4. The normalized spacial score (nSPS) is 15.0. The van der Waals surface area contributed by atoms with E-state index in [0.717, 1.165) is 22.3 Å². The van der Waals surface area contributed by atoms with Gasteiger partial charge in [-0.05, 0) is 17.7 Å². The Morgan fingerprint density at radius 1 is 1.56 bits per heavy atom. The molecule has 1 aliphatic rings. The van der Waals surface area contributed by atoms with Crippen LogP contribution in [0.4, 0.5) is 4.79 Å². The Morgan fingerprint density at radius 3 is 2.89 bits per heavy atom. The smallest absolute Gasteiger partial charge is 0.337 e. The third-order valence-electron chi connectivity index (χ3n) is 2.68. The minimum absolute atomic E-state index is 0.110. The van der Waals surface area contributed by atoms with Crippen molar-refractivity contribution < 1.29 is 14.3 Å². The van der Waals surface area contributed by atoms with Gasteiger partial charge in [-0.2, -0.15) is 0 Å². The largest absolute Gasteiger partial charge is 0.465 e. The molecule has 0 aromatic heterocycles. The van der Waals surface area contributed by atoms with Crippen molar-refractivity contribution in [1.29, 1.82) is 0 Å². The van der Waals surface area contributed by atoms with Gasteiger partial charge in [0.25, 0.3) is 5.24 Å². The first-order chi connectivity index (χ1) is 8.61. The SMILES string of the molecule is COC(=O)c1ccc(CN2CCSC2=O)c(Br)c1. The number of esters is 1. The second-order valence-electron chi connectivity index (χ2n) is 3.83. The zero-order valence-corrected chi connectivity index (χ0v) is 12.2. The highest BCUT2D eigenvalue weighted by atomic mass is 79.9. The molecular formula is C12H12BrNO3S. The highest BCUT2D eigenvalue weighted by Crippen LogP contribution is 2.25. The van der Waals surface area contributed by atoms with E-state index in [9.17, 15) is 9.59 Å². The molecular weight excluding hydrogens is 318 g/mol. The zero-order valence-electron chi connectivity index (χ0n) is 9.81. The molecule has 0 atom stereocenters. The topological polar surface area (TPSA) is 46.6 Å². The van der Waals surface area contributed by atoms with Crippen LogP contribution in [0.3, 0.4) is 0 Å². The summed E-state index contributed by atoms with van der Waals surface area (Å²) in [5.41, 5.74) is 1.48. The van der Waals surface area contributed by atoms with Crippen LogP contribution in [0.25, 0.3) is 0 Å². The molecule has 1 aromatic rings. The molecule has 0 aliphatic carbocycles. The van der Waals surface area contributed by atoms with Crippen LogP contribution in [-0.4, -0.2) is 35.5 Å². The molecule has 2 rings (SSSR count). The predicted octanol–water partition coefficient (Wildman–Crippen LogP) is 2.90. The van der Waals surface area contributed by atoms with Gasteiger partial charge in [0, 0.05) is 23.3 Å². The number of ether oxygens (including phenoxy) is 1. The van der Waals surface area contributed by atoms with Crippen molar-refractivity contribution in [3.8, 4) is 0 Å². The van der Waals surface area contributed by atoms with E-state index in [0.29, 0.717) is 12.1 Å². The number of nitrogens with zero attached hydrogens (tertiary/aromatic N) is 1. The maximum atomic E-state index is 11.5. The number of halogens is 1. The fraction of sp³-hybridized carbons (Fsp3) is 0.333. The first-order valence-corrected chi connectivity index (χ1v) is 7.18. The first kappa shape index (κ1) is 13.4. The van der Waals surface area contributed by atoms with Crippen molar-refractivity contribution in [2.24, 2.45) is 0 Å². The molecule has 1 aliphatic heterocycles. The van der Waals surface area contributed by atoms with E-state index < -0.39 is 0 Å². The Hall–Kier alpha value is -1.01. The van der Waals surface area contributed by atoms with Crippen LogP contribution in [0.5, 0.6) is 0 Å². The second-order valence-corrected chi connectivity index (χ2v) is 5.73. The first-order valence-electron chi connectivity index (χ1n) is 5.40. The fourth-order valence-electron chi connectivity index (χ4n) is 1.70.